The second-order valence-corrected chi connectivity index (χ2v) is 10.1. The molecule has 1 N–H and O–H groups in total. The van der Waals surface area contributed by atoms with Crippen molar-refractivity contribution in [2.75, 3.05) is 11.4 Å². The maximum absolute atomic E-state index is 13.4. The Morgan fingerprint density at radius 1 is 1.06 bits per heavy atom. The van der Waals surface area contributed by atoms with Crippen LogP contribution in [0.4, 0.5) is 11.4 Å². The number of hydrogen-bond acceptors (Lipinski definition) is 4. The van der Waals surface area contributed by atoms with E-state index in [-0.39, 0.29) is 17.0 Å². The Balaban J connectivity index is 1.61. The molecule has 5 rings (SSSR count). The number of aliphatic imine (C=N–C) groups is 1. The molecule has 2 heterocycles. The third-order valence-corrected chi connectivity index (χ3v) is 7.05. The number of benzene rings is 2. The van der Waals surface area contributed by atoms with Gasteiger partial charge in [-0.2, -0.15) is 0 Å². The first-order valence-corrected chi connectivity index (χ1v) is 11.7. The lowest BCUT2D eigenvalue weighted by atomic mass is 9.78. The minimum absolute atomic E-state index is 0.0734. The van der Waals surface area contributed by atoms with Crippen molar-refractivity contribution >= 4 is 28.4 Å². The predicted molar refractivity (Wildman–Crippen MR) is 135 cm³/mol. The molecule has 0 fully saturated rings. The second kappa shape index (κ2) is 7.58. The van der Waals surface area contributed by atoms with E-state index in [2.05, 4.69) is 61.9 Å². The molecule has 0 bridgehead atoms. The number of hydrogen-bond donors (Lipinski definition) is 1. The number of allylic oxidation sites excluding steroid dienone is 5. The summed E-state index contributed by atoms with van der Waals surface area (Å²) < 4.78 is 0. The molecule has 0 unspecified atom stereocenters. The minimum atomic E-state index is -0.263. The number of rotatable bonds is 4. The predicted octanol–water partition coefficient (Wildman–Crippen LogP) is 6.67. The van der Waals surface area contributed by atoms with Gasteiger partial charge in [0.15, 0.2) is 0 Å². The van der Waals surface area contributed by atoms with Crippen molar-refractivity contribution in [2.24, 2.45) is 10.9 Å². The number of fused-ring (bicyclic) bond motifs is 2. The Labute approximate surface area is 195 Å². The van der Waals surface area contributed by atoms with E-state index in [4.69, 9.17) is 0 Å². The maximum atomic E-state index is 13.4. The molecule has 3 aliphatic rings. The van der Waals surface area contributed by atoms with Gasteiger partial charge in [0.1, 0.15) is 5.76 Å². The van der Waals surface area contributed by atoms with Crippen LogP contribution in [0, 0.1) is 5.92 Å². The van der Waals surface area contributed by atoms with Crippen molar-refractivity contribution in [1.29, 1.82) is 0 Å². The third kappa shape index (κ3) is 3.19. The number of anilines is 1. The minimum Gasteiger partial charge on any atom is -0.506 e. The van der Waals surface area contributed by atoms with Crippen molar-refractivity contribution < 1.29 is 9.90 Å². The van der Waals surface area contributed by atoms with Gasteiger partial charge < -0.3 is 10.0 Å². The van der Waals surface area contributed by atoms with E-state index >= 15 is 0 Å². The van der Waals surface area contributed by atoms with Crippen molar-refractivity contribution in [2.45, 2.75) is 46.5 Å². The number of ketones is 1. The number of nitrogens with zero attached hydrogens (tertiary/aromatic N) is 2. The highest BCUT2D eigenvalue weighted by atomic mass is 16.3. The molecule has 2 aliphatic heterocycles. The van der Waals surface area contributed by atoms with Crippen LogP contribution in [-0.2, 0) is 10.2 Å². The molecular weight excluding hydrogens is 408 g/mol. The number of para-hydroxylation sites is 2. The zero-order valence-corrected chi connectivity index (χ0v) is 19.9. The van der Waals surface area contributed by atoms with Gasteiger partial charge in [0.05, 0.1) is 16.8 Å². The lowest BCUT2D eigenvalue weighted by Gasteiger charge is -2.30. The number of aliphatic hydroxyl groups is 1. The van der Waals surface area contributed by atoms with Gasteiger partial charge >= 0.3 is 0 Å². The van der Waals surface area contributed by atoms with Crippen LogP contribution in [0.5, 0.6) is 0 Å². The normalized spacial score (nSPS) is 22.1. The topological polar surface area (TPSA) is 52.9 Å². The lowest BCUT2D eigenvalue weighted by molar-refractivity contribution is -0.113. The summed E-state index contributed by atoms with van der Waals surface area (Å²) in [6.45, 7) is 11.6. The van der Waals surface area contributed by atoms with E-state index in [0.29, 0.717) is 17.1 Å². The van der Waals surface area contributed by atoms with E-state index in [0.717, 1.165) is 41.2 Å². The van der Waals surface area contributed by atoms with Gasteiger partial charge in [-0.25, -0.2) is 0 Å². The highest BCUT2D eigenvalue weighted by Crippen LogP contribution is 2.50. The summed E-state index contributed by atoms with van der Waals surface area (Å²) in [6.07, 6.45) is 2.96. The van der Waals surface area contributed by atoms with Crippen LogP contribution in [-0.4, -0.2) is 23.1 Å². The first-order valence-electron chi connectivity index (χ1n) is 11.7. The van der Waals surface area contributed by atoms with E-state index in [9.17, 15) is 9.90 Å². The van der Waals surface area contributed by atoms with Crippen LogP contribution in [0.3, 0.4) is 0 Å². The van der Waals surface area contributed by atoms with Gasteiger partial charge in [0, 0.05) is 40.2 Å². The number of aliphatic hydroxyl groups excluding tert-OH is 1. The maximum Gasteiger partial charge on any atom is 0.201 e. The van der Waals surface area contributed by atoms with Crippen LogP contribution in [0.25, 0.3) is 5.57 Å². The molecule has 0 atom stereocenters. The molecule has 0 saturated carbocycles. The summed E-state index contributed by atoms with van der Waals surface area (Å²) >= 11 is 0. The molecule has 2 aromatic carbocycles. The van der Waals surface area contributed by atoms with E-state index < -0.39 is 0 Å². The molecule has 0 aromatic heterocycles. The molecule has 168 valence electrons. The van der Waals surface area contributed by atoms with Crippen molar-refractivity contribution in [3.63, 3.8) is 0 Å². The molecule has 0 radical (unpaired) electrons. The quantitative estimate of drug-likeness (QED) is 0.543. The number of carbonyl (C=O) groups is 1. The largest absolute Gasteiger partial charge is 0.506 e. The SMILES string of the molecule is CC1=Nc2ccccc2/C1=C1/C(=O)C(/C=C2\N(CCC(C)C)c3ccccc3C2(C)C)=C1O. The Bertz CT molecular complexity index is 1300. The molecule has 0 saturated heterocycles. The fraction of sp³-hybridized carbons (Fsp3) is 0.310. The number of carbonyl (C=O) groups excluding carboxylic acids is 1. The second-order valence-electron chi connectivity index (χ2n) is 10.1. The van der Waals surface area contributed by atoms with Gasteiger partial charge in [0.25, 0.3) is 0 Å². The molecule has 0 amide bonds. The molecule has 1 aliphatic carbocycles. The fourth-order valence-electron chi connectivity index (χ4n) is 5.18. The zero-order chi connectivity index (χ0) is 23.5. The van der Waals surface area contributed by atoms with E-state index in [1.165, 1.54) is 11.3 Å². The van der Waals surface area contributed by atoms with Crippen molar-refractivity contribution in [3.8, 4) is 0 Å². The zero-order valence-electron chi connectivity index (χ0n) is 19.9. The average Bonchev–Trinajstić information content (AvgIpc) is 3.21. The molecule has 2 aromatic rings. The van der Waals surface area contributed by atoms with Gasteiger partial charge in [-0.15, -0.1) is 0 Å². The summed E-state index contributed by atoms with van der Waals surface area (Å²) in [5, 5.41) is 11.1. The summed E-state index contributed by atoms with van der Waals surface area (Å²) in [4.78, 5) is 20.3. The van der Waals surface area contributed by atoms with E-state index in [1.54, 1.807) is 0 Å². The summed E-state index contributed by atoms with van der Waals surface area (Å²) in [5.41, 5.74) is 7.27. The van der Waals surface area contributed by atoms with Gasteiger partial charge in [-0.05, 0) is 43.0 Å². The van der Waals surface area contributed by atoms with Crippen LogP contribution >= 0.6 is 0 Å². The Morgan fingerprint density at radius 2 is 1.76 bits per heavy atom. The molecular formula is C29H30N2O2. The van der Waals surface area contributed by atoms with Gasteiger partial charge in [0.2, 0.25) is 5.78 Å². The fourth-order valence-corrected chi connectivity index (χ4v) is 5.18. The highest BCUT2D eigenvalue weighted by Gasteiger charge is 2.43. The van der Waals surface area contributed by atoms with Gasteiger partial charge in [-0.1, -0.05) is 64.1 Å². The van der Waals surface area contributed by atoms with Gasteiger partial charge in [-0.3, -0.25) is 9.79 Å². The van der Waals surface area contributed by atoms with Crippen LogP contribution in [0.15, 0.2) is 82.2 Å². The summed E-state index contributed by atoms with van der Waals surface area (Å²) in [5.74, 6) is 0.530. The Morgan fingerprint density at radius 3 is 2.48 bits per heavy atom. The standard InChI is InChI=1S/C29H30N2O2/c1-17(2)14-15-31-23-13-9-7-11-21(23)29(4,5)24(31)16-20-27(32)26(28(20)33)25-18(3)30-22-12-8-6-10-19(22)25/h6-13,16-17,32H,14-15H2,1-5H3/b24-16-,26-25+. The van der Waals surface area contributed by atoms with Crippen molar-refractivity contribution in [3.05, 3.63) is 88.3 Å². The Kier molecular flexibility index (Phi) is 4.93. The lowest BCUT2D eigenvalue weighted by Crippen LogP contribution is -2.30. The van der Waals surface area contributed by atoms with Crippen molar-refractivity contribution in [1.82, 2.24) is 0 Å². The Hall–Kier alpha value is -3.40. The first-order chi connectivity index (χ1) is 15.7. The van der Waals surface area contributed by atoms with Crippen LogP contribution < -0.4 is 4.90 Å². The first kappa shape index (κ1) is 21.4. The third-order valence-electron chi connectivity index (χ3n) is 7.05. The van der Waals surface area contributed by atoms with Crippen LogP contribution in [0.1, 0.15) is 52.2 Å². The molecule has 4 heteroatoms. The molecule has 33 heavy (non-hydrogen) atoms. The van der Waals surface area contributed by atoms with E-state index in [1.807, 2.05) is 37.3 Å². The smallest absolute Gasteiger partial charge is 0.201 e. The summed E-state index contributed by atoms with van der Waals surface area (Å²) in [7, 11) is 0. The average molecular weight is 439 g/mol. The van der Waals surface area contributed by atoms with Crippen LogP contribution in [0.2, 0.25) is 0 Å². The monoisotopic (exact) mass is 438 g/mol. The highest BCUT2D eigenvalue weighted by molar-refractivity contribution is 6.38. The number of Topliss-reactive ketones (excluding diaryl/α,β-unsaturated/α-hetero) is 1. The summed E-state index contributed by atoms with van der Waals surface area (Å²) in [6, 6.07) is 16.2. The molecule has 4 nitrogen and oxygen atoms in total. The molecule has 0 spiro atoms.